The third kappa shape index (κ3) is 3.09. The number of hydrogen-bond acceptors (Lipinski definition) is 3. The van der Waals surface area contributed by atoms with Crippen molar-refractivity contribution in [2.24, 2.45) is 5.92 Å². The van der Waals surface area contributed by atoms with E-state index in [1.54, 1.807) is 12.3 Å². The predicted molar refractivity (Wildman–Crippen MR) is 71.5 cm³/mol. The fourth-order valence-electron chi connectivity index (χ4n) is 2.19. The second kappa shape index (κ2) is 5.67. The number of carboxylic acid groups (broad SMARTS) is 1. The maximum Gasteiger partial charge on any atom is 0.328 e. The van der Waals surface area contributed by atoms with Crippen LogP contribution in [0.5, 0.6) is 0 Å². The van der Waals surface area contributed by atoms with Gasteiger partial charge in [-0.05, 0) is 37.0 Å². The highest BCUT2D eigenvalue weighted by atomic mass is 16.4. The van der Waals surface area contributed by atoms with Gasteiger partial charge in [0.2, 0.25) is 0 Å². The van der Waals surface area contributed by atoms with Gasteiger partial charge in [-0.25, -0.2) is 9.78 Å². The van der Waals surface area contributed by atoms with Gasteiger partial charge in [0.05, 0.1) is 0 Å². The van der Waals surface area contributed by atoms with Crippen LogP contribution < -0.4 is 4.90 Å². The quantitative estimate of drug-likeness (QED) is 0.832. The van der Waals surface area contributed by atoms with Gasteiger partial charge < -0.3 is 10.0 Å². The highest BCUT2D eigenvalue weighted by Gasteiger charge is 2.18. The number of piperidine rings is 1. The molecule has 0 amide bonds. The van der Waals surface area contributed by atoms with Crippen LogP contribution in [-0.2, 0) is 4.79 Å². The largest absolute Gasteiger partial charge is 0.478 e. The van der Waals surface area contributed by atoms with Crippen molar-refractivity contribution in [1.29, 1.82) is 0 Å². The molecule has 96 valence electrons. The molecule has 0 atom stereocenters. The molecule has 0 aliphatic carbocycles. The molecule has 4 heteroatoms. The van der Waals surface area contributed by atoms with Gasteiger partial charge in [-0.1, -0.05) is 6.92 Å². The Kier molecular flexibility index (Phi) is 3.97. The van der Waals surface area contributed by atoms with Gasteiger partial charge in [0.15, 0.2) is 0 Å². The zero-order valence-corrected chi connectivity index (χ0v) is 10.5. The molecule has 1 aromatic rings. The van der Waals surface area contributed by atoms with E-state index in [9.17, 15) is 4.79 Å². The van der Waals surface area contributed by atoms with Crippen molar-refractivity contribution in [2.45, 2.75) is 19.8 Å². The SMILES string of the molecule is CC1CCN(c2ncccc2/C=C/C(=O)O)CC1. The molecule has 0 spiro atoms. The maximum atomic E-state index is 10.6. The molecule has 1 aliphatic heterocycles. The summed E-state index contributed by atoms with van der Waals surface area (Å²) < 4.78 is 0. The summed E-state index contributed by atoms with van der Waals surface area (Å²) in [5, 5.41) is 8.69. The molecule has 0 radical (unpaired) electrons. The van der Waals surface area contributed by atoms with Gasteiger partial charge in [0.25, 0.3) is 0 Å². The standard InChI is InChI=1S/C14H18N2O2/c1-11-6-9-16(10-7-11)14-12(3-2-8-15-14)4-5-13(17)18/h2-5,8,11H,6-7,9-10H2,1H3,(H,17,18)/b5-4+. The molecular formula is C14H18N2O2. The Morgan fingerprint density at radius 1 is 1.50 bits per heavy atom. The molecule has 4 nitrogen and oxygen atoms in total. The van der Waals surface area contributed by atoms with E-state index < -0.39 is 5.97 Å². The van der Waals surface area contributed by atoms with E-state index in [2.05, 4.69) is 16.8 Å². The Balaban J connectivity index is 2.19. The Bertz CT molecular complexity index is 449. The predicted octanol–water partition coefficient (Wildman–Crippen LogP) is 2.42. The first-order chi connectivity index (χ1) is 8.66. The Labute approximate surface area is 107 Å². The number of pyridine rings is 1. The van der Waals surface area contributed by atoms with E-state index in [1.165, 1.54) is 12.8 Å². The van der Waals surface area contributed by atoms with Gasteiger partial charge in [0, 0.05) is 30.9 Å². The van der Waals surface area contributed by atoms with Crippen LogP contribution in [0.1, 0.15) is 25.3 Å². The summed E-state index contributed by atoms with van der Waals surface area (Å²) in [5.41, 5.74) is 0.870. The smallest absolute Gasteiger partial charge is 0.328 e. The van der Waals surface area contributed by atoms with Crippen molar-refractivity contribution in [2.75, 3.05) is 18.0 Å². The van der Waals surface area contributed by atoms with Gasteiger partial charge in [-0.2, -0.15) is 0 Å². The number of carboxylic acids is 1. The van der Waals surface area contributed by atoms with Crippen molar-refractivity contribution in [3.8, 4) is 0 Å². The summed E-state index contributed by atoms with van der Waals surface area (Å²) in [4.78, 5) is 17.2. The zero-order valence-electron chi connectivity index (χ0n) is 10.5. The van der Waals surface area contributed by atoms with E-state index in [0.29, 0.717) is 0 Å². The van der Waals surface area contributed by atoms with Crippen LogP contribution in [0.15, 0.2) is 24.4 Å². The molecule has 1 aliphatic rings. The highest BCUT2D eigenvalue weighted by molar-refractivity contribution is 5.86. The van der Waals surface area contributed by atoms with E-state index >= 15 is 0 Å². The molecular weight excluding hydrogens is 228 g/mol. The van der Waals surface area contributed by atoms with Crippen LogP contribution in [0.3, 0.4) is 0 Å². The second-order valence-corrected chi connectivity index (χ2v) is 4.76. The summed E-state index contributed by atoms with van der Waals surface area (Å²) in [7, 11) is 0. The topological polar surface area (TPSA) is 53.4 Å². The highest BCUT2D eigenvalue weighted by Crippen LogP contribution is 2.24. The van der Waals surface area contributed by atoms with Crippen LogP contribution >= 0.6 is 0 Å². The molecule has 2 rings (SSSR count). The number of rotatable bonds is 3. The van der Waals surface area contributed by atoms with E-state index in [-0.39, 0.29) is 0 Å². The van der Waals surface area contributed by atoms with Gasteiger partial charge in [-0.15, -0.1) is 0 Å². The fourth-order valence-corrected chi connectivity index (χ4v) is 2.19. The third-order valence-corrected chi connectivity index (χ3v) is 3.31. The van der Waals surface area contributed by atoms with Crippen molar-refractivity contribution in [3.05, 3.63) is 30.0 Å². The molecule has 18 heavy (non-hydrogen) atoms. The van der Waals surface area contributed by atoms with E-state index in [0.717, 1.165) is 36.5 Å². The normalized spacial score (nSPS) is 17.3. The third-order valence-electron chi connectivity index (χ3n) is 3.31. The first-order valence-corrected chi connectivity index (χ1v) is 6.28. The van der Waals surface area contributed by atoms with Crippen LogP contribution in [-0.4, -0.2) is 29.1 Å². The van der Waals surface area contributed by atoms with Crippen LogP contribution in [0.25, 0.3) is 6.08 Å². The lowest BCUT2D eigenvalue weighted by molar-refractivity contribution is -0.131. The van der Waals surface area contributed by atoms with E-state index in [4.69, 9.17) is 5.11 Å². The number of aromatic nitrogens is 1. The number of aliphatic carboxylic acids is 1. The van der Waals surface area contributed by atoms with Crippen LogP contribution in [0.4, 0.5) is 5.82 Å². The Hall–Kier alpha value is -1.84. The minimum absolute atomic E-state index is 0.767. The summed E-state index contributed by atoms with van der Waals surface area (Å²) in [6, 6.07) is 3.73. The molecule has 1 saturated heterocycles. The first-order valence-electron chi connectivity index (χ1n) is 6.28. The molecule has 0 bridgehead atoms. The van der Waals surface area contributed by atoms with Crippen molar-refractivity contribution in [3.63, 3.8) is 0 Å². The average Bonchev–Trinajstić information content (AvgIpc) is 2.38. The van der Waals surface area contributed by atoms with Crippen molar-refractivity contribution < 1.29 is 9.90 Å². The number of nitrogens with zero attached hydrogens (tertiary/aromatic N) is 2. The minimum atomic E-state index is -0.933. The maximum absolute atomic E-state index is 10.6. The van der Waals surface area contributed by atoms with Gasteiger partial charge in [0.1, 0.15) is 5.82 Å². The Morgan fingerprint density at radius 3 is 2.89 bits per heavy atom. The van der Waals surface area contributed by atoms with Crippen LogP contribution in [0.2, 0.25) is 0 Å². The number of carbonyl (C=O) groups is 1. The van der Waals surface area contributed by atoms with Gasteiger partial charge >= 0.3 is 5.97 Å². The molecule has 2 heterocycles. The monoisotopic (exact) mass is 246 g/mol. The number of anilines is 1. The second-order valence-electron chi connectivity index (χ2n) is 4.76. The lowest BCUT2D eigenvalue weighted by atomic mass is 9.99. The molecule has 1 fully saturated rings. The lowest BCUT2D eigenvalue weighted by Gasteiger charge is -2.32. The summed E-state index contributed by atoms with van der Waals surface area (Å²) >= 11 is 0. The molecule has 0 unspecified atom stereocenters. The first kappa shape index (κ1) is 12.6. The summed E-state index contributed by atoms with van der Waals surface area (Å²) in [6.07, 6.45) is 6.86. The zero-order chi connectivity index (χ0) is 13.0. The summed E-state index contributed by atoms with van der Waals surface area (Å²) in [6.45, 7) is 4.25. The minimum Gasteiger partial charge on any atom is -0.478 e. The molecule has 0 saturated carbocycles. The van der Waals surface area contributed by atoms with Crippen molar-refractivity contribution >= 4 is 17.9 Å². The molecule has 0 aromatic carbocycles. The Morgan fingerprint density at radius 2 is 2.22 bits per heavy atom. The molecule has 1 aromatic heterocycles. The average molecular weight is 246 g/mol. The van der Waals surface area contributed by atoms with Crippen molar-refractivity contribution in [1.82, 2.24) is 4.98 Å². The van der Waals surface area contributed by atoms with Gasteiger partial charge in [-0.3, -0.25) is 0 Å². The summed E-state index contributed by atoms with van der Waals surface area (Å²) in [5.74, 6) is 0.724. The lowest BCUT2D eigenvalue weighted by Crippen LogP contribution is -2.33. The van der Waals surface area contributed by atoms with E-state index in [1.807, 2.05) is 12.1 Å². The number of hydrogen-bond donors (Lipinski definition) is 1. The van der Waals surface area contributed by atoms with Crippen LogP contribution in [0, 0.1) is 5.92 Å². The molecule has 1 N–H and O–H groups in total. The fraction of sp³-hybridized carbons (Fsp3) is 0.429.